The molecule has 4 nitrogen and oxygen atoms in total. The van der Waals surface area contributed by atoms with Gasteiger partial charge in [0.05, 0.1) is 0 Å². The zero-order chi connectivity index (χ0) is 13.9. The van der Waals surface area contributed by atoms with Gasteiger partial charge in [0.1, 0.15) is 5.41 Å². The molecule has 2 aliphatic rings. The lowest BCUT2D eigenvalue weighted by atomic mass is 9.94. The highest BCUT2D eigenvalue weighted by Crippen LogP contribution is 2.46. The Balaban J connectivity index is 1.88. The van der Waals surface area contributed by atoms with E-state index < -0.39 is 5.41 Å². The van der Waals surface area contributed by atoms with Gasteiger partial charge in [-0.3, -0.25) is 9.59 Å². The molecule has 2 fully saturated rings. The fraction of sp³-hybridized carbons (Fsp3) is 0.867. The van der Waals surface area contributed by atoms with E-state index in [9.17, 15) is 9.59 Å². The van der Waals surface area contributed by atoms with Crippen molar-refractivity contribution >= 4 is 11.8 Å². The molecule has 0 bridgehead atoms. The highest BCUT2D eigenvalue weighted by atomic mass is 16.2. The Morgan fingerprint density at radius 2 is 1.79 bits per heavy atom. The van der Waals surface area contributed by atoms with Gasteiger partial charge in [-0.25, -0.2) is 0 Å². The number of rotatable bonds is 5. The van der Waals surface area contributed by atoms with Crippen LogP contribution in [0, 0.1) is 5.41 Å². The summed E-state index contributed by atoms with van der Waals surface area (Å²) in [6.07, 6.45) is 8.08. The molecule has 0 aromatic rings. The van der Waals surface area contributed by atoms with E-state index in [1.54, 1.807) is 0 Å². The van der Waals surface area contributed by atoms with Gasteiger partial charge in [-0.1, -0.05) is 26.2 Å². The van der Waals surface area contributed by atoms with Crippen LogP contribution >= 0.6 is 0 Å². The molecule has 1 unspecified atom stereocenters. The first-order valence-corrected chi connectivity index (χ1v) is 7.70. The summed E-state index contributed by atoms with van der Waals surface area (Å²) in [6, 6.07) is 0.433. The third-order valence-corrected chi connectivity index (χ3v) is 4.55. The van der Waals surface area contributed by atoms with Crippen LogP contribution in [0.1, 0.15) is 65.2 Å². The van der Waals surface area contributed by atoms with Crippen molar-refractivity contribution in [1.82, 2.24) is 10.6 Å². The Morgan fingerprint density at radius 1 is 1.16 bits per heavy atom. The molecule has 108 valence electrons. The van der Waals surface area contributed by atoms with Crippen molar-refractivity contribution in [3.63, 3.8) is 0 Å². The van der Waals surface area contributed by atoms with Crippen LogP contribution in [0.25, 0.3) is 0 Å². The van der Waals surface area contributed by atoms with Crippen LogP contribution in [0.4, 0.5) is 0 Å². The van der Waals surface area contributed by atoms with Crippen molar-refractivity contribution in [3.05, 3.63) is 0 Å². The van der Waals surface area contributed by atoms with Gasteiger partial charge in [0.2, 0.25) is 11.8 Å². The lowest BCUT2D eigenvalue weighted by molar-refractivity contribution is -0.138. The van der Waals surface area contributed by atoms with Crippen LogP contribution in [0.2, 0.25) is 0 Å². The van der Waals surface area contributed by atoms with Gasteiger partial charge in [-0.15, -0.1) is 0 Å². The maximum Gasteiger partial charge on any atom is 0.235 e. The predicted octanol–water partition coefficient (Wildman–Crippen LogP) is 2.13. The Bertz CT molecular complexity index is 344. The molecule has 0 aromatic heterocycles. The van der Waals surface area contributed by atoms with Crippen LogP contribution in [0.5, 0.6) is 0 Å². The third kappa shape index (κ3) is 3.28. The molecule has 2 rings (SSSR count). The summed E-state index contributed by atoms with van der Waals surface area (Å²) >= 11 is 0. The molecule has 0 saturated heterocycles. The second-order valence-electron chi connectivity index (χ2n) is 6.17. The van der Waals surface area contributed by atoms with Gasteiger partial charge in [-0.2, -0.15) is 0 Å². The number of hydrogen-bond acceptors (Lipinski definition) is 2. The van der Waals surface area contributed by atoms with Crippen molar-refractivity contribution in [2.45, 2.75) is 77.3 Å². The van der Waals surface area contributed by atoms with Crippen molar-refractivity contribution in [2.75, 3.05) is 0 Å². The molecule has 0 radical (unpaired) electrons. The normalized spacial score (nSPS) is 23.5. The second kappa shape index (κ2) is 5.93. The molecule has 0 spiro atoms. The summed E-state index contributed by atoms with van der Waals surface area (Å²) in [4.78, 5) is 24.5. The Hall–Kier alpha value is -1.06. The lowest BCUT2D eigenvalue weighted by Crippen LogP contribution is -2.48. The molecule has 0 heterocycles. The minimum atomic E-state index is -0.749. The van der Waals surface area contributed by atoms with Gasteiger partial charge in [0.25, 0.3) is 0 Å². The zero-order valence-corrected chi connectivity index (χ0v) is 12.1. The molecule has 2 aliphatic carbocycles. The van der Waals surface area contributed by atoms with Gasteiger partial charge >= 0.3 is 0 Å². The van der Waals surface area contributed by atoms with E-state index in [4.69, 9.17) is 0 Å². The molecule has 19 heavy (non-hydrogen) atoms. The maximum atomic E-state index is 12.3. The van der Waals surface area contributed by atoms with Gasteiger partial charge in [0, 0.05) is 12.1 Å². The molecule has 2 amide bonds. The quantitative estimate of drug-likeness (QED) is 0.749. The summed E-state index contributed by atoms with van der Waals surface area (Å²) in [6.45, 7) is 4.01. The van der Waals surface area contributed by atoms with Gasteiger partial charge < -0.3 is 10.6 Å². The van der Waals surface area contributed by atoms with E-state index >= 15 is 0 Å². The monoisotopic (exact) mass is 266 g/mol. The predicted molar refractivity (Wildman–Crippen MR) is 74.6 cm³/mol. The van der Waals surface area contributed by atoms with Crippen LogP contribution in [-0.2, 0) is 9.59 Å². The van der Waals surface area contributed by atoms with Crippen molar-refractivity contribution in [2.24, 2.45) is 5.41 Å². The number of amides is 2. The number of carbonyl (C=O) groups is 2. The summed E-state index contributed by atoms with van der Waals surface area (Å²) in [7, 11) is 0. The van der Waals surface area contributed by atoms with E-state index in [1.165, 1.54) is 19.3 Å². The third-order valence-electron chi connectivity index (χ3n) is 4.55. The number of hydrogen-bond donors (Lipinski definition) is 2. The average Bonchev–Trinajstić information content (AvgIpc) is 3.21. The van der Waals surface area contributed by atoms with Crippen LogP contribution in [0.3, 0.4) is 0 Å². The average molecular weight is 266 g/mol. The van der Waals surface area contributed by atoms with E-state index in [0.29, 0.717) is 12.8 Å². The first-order chi connectivity index (χ1) is 9.08. The van der Waals surface area contributed by atoms with E-state index in [1.807, 2.05) is 13.8 Å². The van der Waals surface area contributed by atoms with Crippen LogP contribution in [-0.4, -0.2) is 23.9 Å². The molecule has 2 saturated carbocycles. The molecular formula is C15H26N2O2. The fourth-order valence-electron chi connectivity index (χ4n) is 2.72. The SMILES string of the molecule is CCC(C)NC(=O)C1(C(=O)NC2CCCCC2)CC1. The molecule has 0 aliphatic heterocycles. The molecule has 0 aromatic carbocycles. The minimum absolute atomic E-state index is 0.0415. The highest BCUT2D eigenvalue weighted by Gasteiger charge is 2.56. The molecule has 4 heteroatoms. The molecule has 1 atom stereocenters. The second-order valence-corrected chi connectivity index (χ2v) is 6.17. The summed E-state index contributed by atoms with van der Waals surface area (Å²) in [5.74, 6) is -0.115. The highest BCUT2D eigenvalue weighted by molar-refractivity contribution is 6.08. The fourth-order valence-corrected chi connectivity index (χ4v) is 2.72. The van der Waals surface area contributed by atoms with E-state index in [0.717, 1.165) is 19.3 Å². The zero-order valence-electron chi connectivity index (χ0n) is 12.1. The van der Waals surface area contributed by atoms with E-state index in [-0.39, 0.29) is 23.9 Å². The van der Waals surface area contributed by atoms with Gasteiger partial charge in [-0.05, 0) is 39.0 Å². The maximum absolute atomic E-state index is 12.3. The Labute approximate surface area is 115 Å². The van der Waals surface area contributed by atoms with Crippen molar-refractivity contribution in [3.8, 4) is 0 Å². The largest absolute Gasteiger partial charge is 0.353 e. The Morgan fingerprint density at radius 3 is 2.32 bits per heavy atom. The lowest BCUT2D eigenvalue weighted by Gasteiger charge is -2.25. The molecule has 2 N–H and O–H groups in total. The van der Waals surface area contributed by atoms with E-state index in [2.05, 4.69) is 10.6 Å². The van der Waals surface area contributed by atoms with Crippen molar-refractivity contribution < 1.29 is 9.59 Å². The minimum Gasteiger partial charge on any atom is -0.353 e. The smallest absolute Gasteiger partial charge is 0.235 e. The first kappa shape index (κ1) is 14.4. The summed E-state index contributed by atoms with van der Waals surface area (Å²) in [5.41, 5.74) is -0.749. The first-order valence-electron chi connectivity index (χ1n) is 7.70. The summed E-state index contributed by atoms with van der Waals surface area (Å²) < 4.78 is 0. The van der Waals surface area contributed by atoms with Crippen LogP contribution < -0.4 is 10.6 Å². The standard InChI is InChI=1S/C15H26N2O2/c1-3-11(2)16-13(18)15(9-10-15)14(19)17-12-7-5-4-6-8-12/h11-12H,3-10H2,1-2H3,(H,16,18)(H,17,19). The Kier molecular flexibility index (Phi) is 4.48. The van der Waals surface area contributed by atoms with Gasteiger partial charge in [0.15, 0.2) is 0 Å². The van der Waals surface area contributed by atoms with Crippen LogP contribution in [0.15, 0.2) is 0 Å². The topological polar surface area (TPSA) is 58.2 Å². The number of carbonyl (C=O) groups excluding carboxylic acids is 2. The number of nitrogens with one attached hydrogen (secondary N) is 2. The van der Waals surface area contributed by atoms with Crippen molar-refractivity contribution in [1.29, 1.82) is 0 Å². The molecular weight excluding hydrogens is 240 g/mol. The summed E-state index contributed by atoms with van der Waals surface area (Å²) in [5, 5.41) is 6.04.